The maximum absolute atomic E-state index is 12.7. The van der Waals surface area contributed by atoms with Gasteiger partial charge in [0.05, 0.1) is 6.61 Å². The molecule has 0 radical (unpaired) electrons. The van der Waals surface area contributed by atoms with Gasteiger partial charge in [-0.15, -0.1) is 12.4 Å². The van der Waals surface area contributed by atoms with Crippen LogP contribution in [0.2, 0.25) is 0 Å². The lowest BCUT2D eigenvalue weighted by atomic mass is 9.67. The third-order valence-electron chi connectivity index (χ3n) is 5.35. The smallest absolute Gasteiger partial charge is 0.251 e. The van der Waals surface area contributed by atoms with Gasteiger partial charge in [-0.3, -0.25) is 4.79 Å². The minimum absolute atomic E-state index is 0. The molecular weight excluding hydrogens is 336 g/mol. The van der Waals surface area contributed by atoms with Gasteiger partial charge in [0.25, 0.3) is 5.91 Å². The van der Waals surface area contributed by atoms with E-state index in [1.807, 2.05) is 24.3 Å². The average Bonchev–Trinajstić information content (AvgIpc) is 2.54. The van der Waals surface area contributed by atoms with Gasteiger partial charge in [0.1, 0.15) is 5.75 Å². The van der Waals surface area contributed by atoms with Crippen molar-refractivity contribution in [3.63, 3.8) is 0 Å². The van der Waals surface area contributed by atoms with Crippen LogP contribution in [-0.4, -0.2) is 24.6 Å². The quantitative estimate of drug-likeness (QED) is 0.833. The molecule has 1 aromatic carbocycles. The van der Waals surface area contributed by atoms with Gasteiger partial charge in [-0.2, -0.15) is 0 Å². The first-order chi connectivity index (χ1) is 11.5. The van der Waals surface area contributed by atoms with Gasteiger partial charge in [-0.1, -0.05) is 26.3 Å². The van der Waals surface area contributed by atoms with Gasteiger partial charge >= 0.3 is 0 Å². The molecule has 140 valence electrons. The lowest BCUT2D eigenvalue weighted by Crippen LogP contribution is -2.53. The van der Waals surface area contributed by atoms with Crippen LogP contribution in [0.1, 0.15) is 56.3 Å². The molecule has 5 heteroatoms. The zero-order valence-corrected chi connectivity index (χ0v) is 16.1. The highest BCUT2D eigenvalue weighted by atomic mass is 35.5. The zero-order valence-electron chi connectivity index (χ0n) is 15.2. The van der Waals surface area contributed by atoms with Crippen molar-refractivity contribution in [1.82, 2.24) is 5.32 Å². The first-order valence-corrected chi connectivity index (χ1v) is 9.32. The Morgan fingerprint density at radius 2 is 1.96 bits per heavy atom. The standard InChI is InChI=1S/C20H30N2O2.ClH/c1-13(2)12-24-18-8-4-7-16(11-18)20(23)22-19-14-5-3-6-15(19)10-17(21)9-14;/h4,7-8,11,13-15,17,19H,3,5-6,9-10,12,21H2,1-2H3,(H,22,23);1H. The molecule has 0 spiro atoms. The van der Waals surface area contributed by atoms with Crippen LogP contribution in [-0.2, 0) is 0 Å². The van der Waals surface area contributed by atoms with Crippen LogP contribution in [0.4, 0.5) is 0 Å². The molecule has 1 amide bonds. The van der Waals surface area contributed by atoms with Crippen molar-refractivity contribution < 1.29 is 9.53 Å². The minimum Gasteiger partial charge on any atom is -0.493 e. The van der Waals surface area contributed by atoms with Gasteiger partial charge in [-0.25, -0.2) is 0 Å². The summed E-state index contributed by atoms with van der Waals surface area (Å²) in [5, 5.41) is 3.30. The summed E-state index contributed by atoms with van der Waals surface area (Å²) in [5.74, 6) is 2.33. The van der Waals surface area contributed by atoms with E-state index < -0.39 is 0 Å². The van der Waals surface area contributed by atoms with E-state index in [1.54, 1.807) is 0 Å². The Hall–Kier alpha value is -1.26. The van der Waals surface area contributed by atoms with Crippen molar-refractivity contribution in [2.75, 3.05) is 6.61 Å². The highest BCUT2D eigenvalue weighted by Gasteiger charge is 2.39. The second-order valence-electron chi connectivity index (χ2n) is 7.91. The molecule has 1 aromatic rings. The fourth-order valence-electron chi connectivity index (χ4n) is 4.25. The highest BCUT2D eigenvalue weighted by Crippen LogP contribution is 2.39. The molecule has 2 aliphatic carbocycles. The summed E-state index contributed by atoms with van der Waals surface area (Å²) in [5.41, 5.74) is 6.86. The molecule has 2 aliphatic rings. The number of halogens is 1. The Morgan fingerprint density at radius 3 is 2.60 bits per heavy atom. The number of nitrogens with two attached hydrogens (primary N) is 1. The van der Waals surface area contributed by atoms with Gasteiger partial charge in [0.2, 0.25) is 0 Å². The first kappa shape index (κ1) is 20.1. The number of ether oxygens (including phenoxy) is 1. The SMILES string of the molecule is CC(C)COc1cccc(C(=O)NC2C3CCCC2CC(N)C3)c1.Cl. The second kappa shape index (κ2) is 8.91. The monoisotopic (exact) mass is 366 g/mol. The molecular formula is C20H31ClN2O2. The van der Waals surface area contributed by atoms with Crippen LogP contribution in [0.3, 0.4) is 0 Å². The van der Waals surface area contributed by atoms with Crippen molar-refractivity contribution in [1.29, 1.82) is 0 Å². The normalized spacial score (nSPS) is 28.2. The molecule has 3 rings (SSSR count). The third-order valence-corrected chi connectivity index (χ3v) is 5.35. The van der Waals surface area contributed by atoms with Crippen LogP contribution in [0.5, 0.6) is 5.75 Å². The van der Waals surface area contributed by atoms with Gasteiger partial charge in [-0.05, 0) is 61.6 Å². The van der Waals surface area contributed by atoms with E-state index in [1.165, 1.54) is 19.3 Å². The van der Waals surface area contributed by atoms with E-state index in [-0.39, 0.29) is 24.4 Å². The molecule has 0 aliphatic heterocycles. The van der Waals surface area contributed by atoms with Crippen LogP contribution in [0.25, 0.3) is 0 Å². The number of carbonyl (C=O) groups excluding carboxylic acids is 1. The third kappa shape index (κ3) is 5.11. The van der Waals surface area contributed by atoms with E-state index in [9.17, 15) is 4.79 Å². The summed E-state index contributed by atoms with van der Waals surface area (Å²) in [6, 6.07) is 8.10. The van der Waals surface area contributed by atoms with Crippen molar-refractivity contribution >= 4 is 18.3 Å². The Kier molecular flexibility index (Phi) is 7.14. The molecule has 0 aromatic heterocycles. The number of amides is 1. The van der Waals surface area contributed by atoms with Crippen LogP contribution in [0.15, 0.2) is 24.3 Å². The van der Waals surface area contributed by atoms with E-state index in [0.29, 0.717) is 36.0 Å². The summed E-state index contributed by atoms with van der Waals surface area (Å²) in [4.78, 5) is 12.7. The molecule has 2 bridgehead atoms. The zero-order chi connectivity index (χ0) is 17.1. The molecule has 0 heterocycles. The molecule has 0 saturated heterocycles. The van der Waals surface area contributed by atoms with Crippen LogP contribution >= 0.6 is 12.4 Å². The minimum atomic E-state index is 0. The Labute approximate surface area is 157 Å². The summed E-state index contributed by atoms with van der Waals surface area (Å²) >= 11 is 0. The summed E-state index contributed by atoms with van der Waals surface area (Å²) in [6.07, 6.45) is 5.73. The van der Waals surface area contributed by atoms with Crippen molar-refractivity contribution in [3.8, 4) is 5.75 Å². The summed E-state index contributed by atoms with van der Waals surface area (Å²) in [6.45, 7) is 4.89. The van der Waals surface area contributed by atoms with Crippen LogP contribution < -0.4 is 15.8 Å². The average molecular weight is 367 g/mol. The summed E-state index contributed by atoms with van der Waals surface area (Å²) < 4.78 is 5.74. The number of hydrogen-bond acceptors (Lipinski definition) is 3. The topological polar surface area (TPSA) is 64.3 Å². The summed E-state index contributed by atoms with van der Waals surface area (Å²) in [7, 11) is 0. The van der Waals surface area contributed by atoms with E-state index in [2.05, 4.69) is 19.2 Å². The van der Waals surface area contributed by atoms with Gasteiger partial charge in [0.15, 0.2) is 0 Å². The van der Waals surface area contributed by atoms with Crippen LogP contribution in [0, 0.1) is 17.8 Å². The van der Waals surface area contributed by atoms with E-state index >= 15 is 0 Å². The molecule has 2 unspecified atom stereocenters. The largest absolute Gasteiger partial charge is 0.493 e. The fourth-order valence-corrected chi connectivity index (χ4v) is 4.25. The Bertz CT molecular complexity index is 565. The number of nitrogens with one attached hydrogen (secondary N) is 1. The Balaban J connectivity index is 0.00000225. The molecule has 2 atom stereocenters. The molecule has 3 N–H and O–H groups in total. The van der Waals surface area contributed by atoms with Crippen molar-refractivity contribution in [2.45, 2.75) is 58.0 Å². The molecule has 2 saturated carbocycles. The van der Waals surface area contributed by atoms with E-state index in [4.69, 9.17) is 10.5 Å². The number of fused-ring (bicyclic) bond motifs is 2. The number of carbonyl (C=O) groups is 1. The van der Waals surface area contributed by atoms with E-state index in [0.717, 1.165) is 18.6 Å². The predicted octanol–water partition coefficient (Wildman–Crippen LogP) is 3.78. The first-order valence-electron chi connectivity index (χ1n) is 9.32. The number of hydrogen-bond donors (Lipinski definition) is 2. The number of rotatable bonds is 5. The fraction of sp³-hybridized carbons (Fsp3) is 0.650. The molecule has 25 heavy (non-hydrogen) atoms. The lowest BCUT2D eigenvalue weighted by molar-refractivity contribution is 0.0755. The van der Waals surface area contributed by atoms with Gasteiger partial charge in [0, 0.05) is 17.6 Å². The molecule has 4 nitrogen and oxygen atoms in total. The maximum atomic E-state index is 12.7. The lowest BCUT2D eigenvalue weighted by Gasteiger charge is -2.45. The van der Waals surface area contributed by atoms with Crippen molar-refractivity contribution in [2.24, 2.45) is 23.5 Å². The maximum Gasteiger partial charge on any atom is 0.251 e. The second-order valence-corrected chi connectivity index (χ2v) is 7.91. The van der Waals surface area contributed by atoms with Crippen molar-refractivity contribution in [3.05, 3.63) is 29.8 Å². The van der Waals surface area contributed by atoms with Gasteiger partial charge < -0.3 is 15.8 Å². The Morgan fingerprint density at radius 1 is 1.28 bits per heavy atom. The molecule has 2 fully saturated rings. The predicted molar refractivity (Wildman–Crippen MR) is 103 cm³/mol. The highest BCUT2D eigenvalue weighted by molar-refractivity contribution is 5.94. The number of benzene rings is 1.